The van der Waals surface area contributed by atoms with Crippen LogP contribution in [0.4, 0.5) is 5.69 Å². The number of amides is 1. The van der Waals surface area contributed by atoms with Crippen LogP contribution < -0.4 is 5.32 Å². The molecule has 1 unspecified atom stereocenters. The molecule has 6 nitrogen and oxygen atoms in total. The van der Waals surface area contributed by atoms with Gasteiger partial charge in [-0.15, -0.1) is 0 Å². The second-order valence-electron chi connectivity index (χ2n) is 7.19. The van der Waals surface area contributed by atoms with E-state index in [9.17, 15) is 14.9 Å². The van der Waals surface area contributed by atoms with E-state index >= 15 is 0 Å². The van der Waals surface area contributed by atoms with Crippen molar-refractivity contribution < 1.29 is 9.72 Å². The maximum Gasteiger partial charge on any atom is 0.288 e. The predicted molar refractivity (Wildman–Crippen MR) is 118 cm³/mol. The molecule has 8 heteroatoms. The van der Waals surface area contributed by atoms with Gasteiger partial charge in [0.1, 0.15) is 5.02 Å². The molecule has 0 saturated carbocycles. The first-order chi connectivity index (χ1) is 14.5. The van der Waals surface area contributed by atoms with Crippen LogP contribution in [0.3, 0.4) is 0 Å². The molecule has 1 N–H and O–H groups in total. The highest BCUT2D eigenvalue weighted by Gasteiger charge is 2.26. The molecule has 0 bridgehead atoms. The third-order valence-electron chi connectivity index (χ3n) is 5.39. The summed E-state index contributed by atoms with van der Waals surface area (Å²) in [6, 6.07) is 14.6. The van der Waals surface area contributed by atoms with Gasteiger partial charge in [-0.3, -0.25) is 19.8 Å². The Bertz CT molecular complexity index is 1070. The van der Waals surface area contributed by atoms with Gasteiger partial charge < -0.3 is 5.32 Å². The molecule has 1 aliphatic rings. The zero-order chi connectivity index (χ0) is 21.1. The van der Waals surface area contributed by atoms with Gasteiger partial charge in [0.05, 0.1) is 11.0 Å². The monoisotopic (exact) mass is 441 g/mol. The predicted octanol–water partition coefficient (Wildman–Crippen LogP) is 4.84. The van der Waals surface area contributed by atoms with Crippen LogP contribution in [0.1, 0.15) is 33.1 Å². The number of halogens is 1. The number of thiophene rings is 1. The molecule has 0 fully saturated rings. The Labute approximate surface area is 183 Å². The molecule has 0 saturated heterocycles. The zero-order valence-electron chi connectivity index (χ0n) is 16.1. The highest BCUT2D eigenvalue weighted by Crippen LogP contribution is 2.29. The molecule has 30 heavy (non-hydrogen) atoms. The highest BCUT2D eigenvalue weighted by atomic mass is 35.5. The number of nitro benzene ring substituents is 1. The van der Waals surface area contributed by atoms with Crippen molar-refractivity contribution in [1.29, 1.82) is 0 Å². The van der Waals surface area contributed by atoms with E-state index in [0.29, 0.717) is 6.54 Å². The van der Waals surface area contributed by atoms with Gasteiger partial charge in [-0.1, -0.05) is 35.9 Å². The van der Waals surface area contributed by atoms with Crippen LogP contribution >= 0.6 is 22.9 Å². The Hall–Kier alpha value is -2.74. The quantitative estimate of drug-likeness (QED) is 0.438. The summed E-state index contributed by atoms with van der Waals surface area (Å²) in [7, 11) is 0. The van der Waals surface area contributed by atoms with E-state index in [-0.39, 0.29) is 28.2 Å². The van der Waals surface area contributed by atoms with Gasteiger partial charge in [-0.25, -0.2) is 0 Å². The number of fused-ring (bicyclic) bond motifs is 1. The lowest BCUT2D eigenvalue weighted by molar-refractivity contribution is -0.384. The first-order valence-electron chi connectivity index (χ1n) is 9.58. The van der Waals surface area contributed by atoms with E-state index in [0.717, 1.165) is 25.1 Å². The molecular weight excluding hydrogens is 422 g/mol. The molecular formula is C22H20ClN3O3S. The Balaban J connectivity index is 1.51. The largest absolute Gasteiger partial charge is 0.350 e. The van der Waals surface area contributed by atoms with Crippen molar-refractivity contribution in [2.45, 2.75) is 19.0 Å². The maximum absolute atomic E-state index is 12.7. The molecule has 2 aromatic carbocycles. The first-order valence-corrected chi connectivity index (χ1v) is 10.9. The molecule has 2 heterocycles. The summed E-state index contributed by atoms with van der Waals surface area (Å²) in [6.45, 7) is 2.13. The van der Waals surface area contributed by atoms with Gasteiger partial charge in [0, 0.05) is 31.3 Å². The Morgan fingerprint density at radius 3 is 2.77 bits per heavy atom. The van der Waals surface area contributed by atoms with Gasteiger partial charge in [-0.2, -0.15) is 11.3 Å². The van der Waals surface area contributed by atoms with E-state index in [2.05, 4.69) is 45.9 Å². The standard InChI is InChI=1S/C22H20ClN3O3S/c23-19-6-5-16(11-20(19)26(28)29)22(27)24-12-21(18-8-10-30-14-18)25-9-7-15-3-1-2-4-17(15)13-25/h1-6,8,10-11,14,21H,7,9,12-13H2,(H,24,27). The SMILES string of the molecule is O=C(NCC(c1ccsc1)N1CCc2ccccc2C1)c1ccc(Cl)c([N+](=O)[O-])c1. The Kier molecular flexibility index (Phi) is 6.13. The third kappa shape index (κ3) is 4.38. The van der Waals surface area contributed by atoms with E-state index in [1.165, 1.54) is 29.3 Å². The van der Waals surface area contributed by atoms with E-state index in [4.69, 9.17) is 11.6 Å². The van der Waals surface area contributed by atoms with Crippen molar-refractivity contribution in [3.05, 3.63) is 96.7 Å². The molecule has 0 aliphatic carbocycles. The average molecular weight is 442 g/mol. The lowest BCUT2D eigenvalue weighted by atomic mass is 9.97. The Morgan fingerprint density at radius 1 is 1.23 bits per heavy atom. The van der Waals surface area contributed by atoms with Crippen LogP contribution in [0.25, 0.3) is 0 Å². The van der Waals surface area contributed by atoms with Crippen LogP contribution in [0.5, 0.6) is 0 Å². The molecule has 0 spiro atoms. The van der Waals surface area contributed by atoms with Gasteiger partial charge in [0.25, 0.3) is 11.6 Å². The van der Waals surface area contributed by atoms with Crippen LogP contribution in [0, 0.1) is 10.1 Å². The number of benzene rings is 2. The number of carbonyl (C=O) groups is 1. The van der Waals surface area contributed by atoms with E-state index in [1.807, 2.05) is 5.38 Å². The molecule has 4 rings (SSSR count). The minimum atomic E-state index is -0.585. The van der Waals surface area contributed by atoms with Gasteiger partial charge in [-0.05, 0) is 52.1 Å². The van der Waals surface area contributed by atoms with E-state index in [1.54, 1.807) is 11.3 Å². The summed E-state index contributed by atoms with van der Waals surface area (Å²) < 4.78 is 0. The number of nitrogens with one attached hydrogen (secondary N) is 1. The average Bonchev–Trinajstić information content (AvgIpc) is 3.28. The van der Waals surface area contributed by atoms with Crippen molar-refractivity contribution in [1.82, 2.24) is 10.2 Å². The third-order valence-corrected chi connectivity index (χ3v) is 6.41. The second kappa shape index (κ2) is 8.95. The number of rotatable bonds is 6. The first kappa shape index (κ1) is 20.5. The number of nitrogens with zero attached hydrogens (tertiary/aromatic N) is 2. The molecule has 1 atom stereocenters. The molecule has 154 valence electrons. The van der Waals surface area contributed by atoms with Crippen molar-refractivity contribution in [2.75, 3.05) is 13.1 Å². The van der Waals surface area contributed by atoms with Crippen LogP contribution in [-0.4, -0.2) is 28.8 Å². The van der Waals surface area contributed by atoms with Gasteiger partial charge in [0.2, 0.25) is 0 Å². The van der Waals surface area contributed by atoms with Crippen LogP contribution in [-0.2, 0) is 13.0 Å². The smallest absolute Gasteiger partial charge is 0.288 e. The molecule has 1 amide bonds. The minimum Gasteiger partial charge on any atom is -0.350 e. The normalized spacial score (nSPS) is 14.7. The van der Waals surface area contributed by atoms with Crippen molar-refractivity contribution in [3.8, 4) is 0 Å². The van der Waals surface area contributed by atoms with Crippen LogP contribution in [0.15, 0.2) is 59.3 Å². The summed E-state index contributed by atoms with van der Waals surface area (Å²) in [5.74, 6) is -0.354. The van der Waals surface area contributed by atoms with Crippen molar-refractivity contribution in [3.63, 3.8) is 0 Å². The summed E-state index contributed by atoms with van der Waals surface area (Å²) in [6.07, 6.45) is 0.966. The second-order valence-corrected chi connectivity index (χ2v) is 8.38. The minimum absolute atomic E-state index is 0.0136. The lowest BCUT2D eigenvalue weighted by Gasteiger charge is -2.35. The summed E-state index contributed by atoms with van der Waals surface area (Å²) in [5, 5.41) is 18.2. The topological polar surface area (TPSA) is 75.5 Å². The number of nitro groups is 1. The molecule has 1 aliphatic heterocycles. The molecule has 1 aromatic heterocycles. The summed E-state index contributed by atoms with van der Waals surface area (Å²) in [4.78, 5) is 25.6. The number of carbonyl (C=O) groups excluding carboxylic acids is 1. The molecule has 3 aromatic rings. The molecule has 0 radical (unpaired) electrons. The van der Waals surface area contributed by atoms with Crippen LogP contribution in [0.2, 0.25) is 5.02 Å². The Morgan fingerprint density at radius 2 is 2.03 bits per heavy atom. The number of hydrogen-bond donors (Lipinski definition) is 1. The zero-order valence-corrected chi connectivity index (χ0v) is 17.7. The fraction of sp³-hybridized carbons (Fsp3) is 0.227. The van der Waals surface area contributed by atoms with Crippen molar-refractivity contribution in [2.24, 2.45) is 0 Å². The lowest BCUT2D eigenvalue weighted by Crippen LogP contribution is -2.40. The summed E-state index contributed by atoms with van der Waals surface area (Å²) >= 11 is 7.48. The number of hydrogen-bond acceptors (Lipinski definition) is 5. The highest BCUT2D eigenvalue weighted by molar-refractivity contribution is 7.08. The van der Waals surface area contributed by atoms with Gasteiger partial charge in [0.15, 0.2) is 0 Å². The van der Waals surface area contributed by atoms with Gasteiger partial charge >= 0.3 is 0 Å². The fourth-order valence-corrected chi connectivity index (χ4v) is 4.68. The fourth-order valence-electron chi connectivity index (χ4n) is 3.79. The maximum atomic E-state index is 12.7. The summed E-state index contributed by atoms with van der Waals surface area (Å²) in [5.41, 5.74) is 3.78. The van der Waals surface area contributed by atoms with E-state index < -0.39 is 4.92 Å². The van der Waals surface area contributed by atoms with Crippen molar-refractivity contribution >= 4 is 34.5 Å².